The summed E-state index contributed by atoms with van der Waals surface area (Å²) < 4.78 is 3.26. The van der Waals surface area contributed by atoms with Gasteiger partial charge in [-0.05, 0) is 66.8 Å². The van der Waals surface area contributed by atoms with Gasteiger partial charge in [0.05, 0.1) is 6.21 Å². The third-order valence-electron chi connectivity index (χ3n) is 3.15. The molecule has 0 saturated heterocycles. The molecule has 2 rings (SSSR count). The Morgan fingerprint density at radius 2 is 1.91 bits per heavy atom. The van der Waals surface area contributed by atoms with E-state index in [2.05, 4.69) is 37.7 Å². The van der Waals surface area contributed by atoms with Gasteiger partial charge in [0, 0.05) is 26.2 Å². The van der Waals surface area contributed by atoms with E-state index in [-0.39, 0.29) is 0 Å². The number of rotatable bonds is 3. The first-order valence-corrected chi connectivity index (χ1v) is 7.55. The van der Waals surface area contributed by atoms with Crippen LogP contribution in [0.5, 0.6) is 0 Å². The second-order valence-corrected chi connectivity index (χ2v) is 5.95. The predicted molar refractivity (Wildman–Crippen MR) is 92.9 cm³/mol. The van der Waals surface area contributed by atoms with Gasteiger partial charge in [0.2, 0.25) is 0 Å². The number of hydrogen-bond donors (Lipinski definition) is 2. The van der Waals surface area contributed by atoms with Gasteiger partial charge in [-0.2, -0.15) is 5.10 Å². The van der Waals surface area contributed by atoms with Crippen LogP contribution in [-0.2, 0) is 9.59 Å². The zero-order valence-corrected chi connectivity index (χ0v) is 14.3. The van der Waals surface area contributed by atoms with E-state index < -0.39 is 11.8 Å². The van der Waals surface area contributed by atoms with Crippen LogP contribution in [0.25, 0.3) is 5.69 Å². The number of halogens is 1. The summed E-state index contributed by atoms with van der Waals surface area (Å²) in [6.07, 6.45) is 1.49. The third kappa shape index (κ3) is 3.53. The number of carbonyl (C=O) groups excluding carboxylic acids is 2. The Hall–Kier alpha value is -2.16. The largest absolute Gasteiger partial charge is 0.361 e. The highest BCUT2D eigenvalue weighted by molar-refractivity contribution is 14.1. The summed E-state index contributed by atoms with van der Waals surface area (Å²) >= 11 is 2.26. The number of amides is 2. The number of nitrogens with two attached hydrogens (primary N) is 1. The highest BCUT2D eigenvalue weighted by Gasteiger charge is 2.10. The van der Waals surface area contributed by atoms with Crippen molar-refractivity contribution in [2.45, 2.75) is 13.8 Å². The number of nitrogens with one attached hydrogen (secondary N) is 1. The summed E-state index contributed by atoms with van der Waals surface area (Å²) in [5, 5.41) is 3.75. The number of primary amides is 1. The molecule has 114 valence electrons. The molecule has 2 aromatic rings. The highest BCUT2D eigenvalue weighted by Crippen LogP contribution is 2.20. The zero-order chi connectivity index (χ0) is 16.3. The lowest BCUT2D eigenvalue weighted by molar-refractivity contribution is -0.137. The standard InChI is InChI=1S/C15H15IN4O2/c1-9-7-11(8-18-19-15(22)14(17)21)10(2)20(9)13-5-3-12(16)4-6-13/h3-8H,1-2H3,(H2,17,21)(H,19,22). The maximum absolute atomic E-state index is 11.0. The van der Waals surface area contributed by atoms with Crippen molar-refractivity contribution in [3.05, 3.63) is 50.9 Å². The van der Waals surface area contributed by atoms with Crippen LogP contribution in [0.3, 0.4) is 0 Å². The van der Waals surface area contributed by atoms with Crippen molar-refractivity contribution in [2.75, 3.05) is 0 Å². The fraction of sp³-hybridized carbons (Fsp3) is 0.133. The molecule has 1 aromatic carbocycles. The van der Waals surface area contributed by atoms with Crippen LogP contribution < -0.4 is 11.2 Å². The average molecular weight is 410 g/mol. The van der Waals surface area contributed by atoms with Gasteiger partial charge in [0.15, 0.2) is 0 Å². The molecule has 0 radical (unpaired) electrons. The molecule has 1 aromatic heterocycles. The van der Waals surface area contributed by atoms with Gasteiger partial charge < -0.3 is 10.3 Å². The smallest absolute Gasteiger partial charge is 0.329 e. The van der Waals surface area contributed by atoms with E-state index in [9.17, 15) is 9.59 Å². The van der Waals surface area contributed by atoms with Crippen LogP contribution in [0, 0.1) is 17.4 Å². The normalized spacial score (nSPS) is 10.9. The van der Waals surface area contributed by atoms with E-state index in [0.717, 1.165) is 22.6 Å². The lowest BCUT2D eigenvalue weighted by Crippen LogP contribution is -2.32. The highest BCUT2D eigenvalue weighted by atomic mass is 127. The van der Waals surface area contributed by atoms with E-state index in [4.69, 9.17) is 5.73 Å². The molecule has 0 fully saturated rings. The zero-order valence-electron chi connectivity index (χ0n) is 12.1. The fourth-order valence-electron chi connectivity index (χ4n) is 2.12. The second-order valence-electron chi connectivity index (χ2n) is 4.70. The van der Waals surface area contributed by atoms with Gasteiger partial charge in [-0.3, -0.25) is 9.59 Å². The molecular weight excluding hydrogens is 395 g/mol. The van der Waals surface area contributed by atoms with Crippen LogP contribution >= 0.6 is 22.6 Å². The molecule has 0 unspecified atom stereocenters. The quantitative estimate of drug-likeness (QED) is 0.349. The van der Waals surface area contributed by atoms with Gasteiger partial charge in [-0.15, -0.1) is 0 Å². The van der Waals surface area contributed by atoms with Crippen LogP contribution in [0.2, 0.25) is 0 Å². The molecule has 0 aliphatic carbocycles. The van der Waals surface area contributed by atoms with E-state index in [1.807, 2.05) is 44.2 Å². The number of aromatic nitrogens is 1. The summed E-state index contributed by atoms with van der Waals surface area (Å²) in [6, 6.07) is 10.1. The summed E-state index contributed by atoms with van der Waals surface area (Å²) in [6.45, 7) is 3.95. The molecule has 3 N–H and O–H groups in total. The van der Waals surface area contributed by atoms with E-state index in [1.54, 1.807) is 0 Å². The molecule has 0 bridgehead atoms. The Balaban J connectivity index is 2.27. The molecule has 0 aliphatic rings. The van der Waals surface area contributed by atoms with E-state index >= 15 is 0 Å². The SMILES string of the molecule is Cc1cc(C=NNC(=O)C(N)=O)c(C)n1-c1ccc(I)cc1. The lowest BCUT2D eigenvalue weighted by atomic mass is 10.2. The van der Waals surface area contributed by atoms with Crippen LogP contribution in [0.4, 0.5) is 0 Å². The van der Waals surface area contributed by atoms with E-state index in [1.165, 1.54) is 9.78 Å². The monoisotopic (exact) mass is 410 g/mol. The lowest BCUT2D eigenvalue weighted by Gasteiger charge is -2.09. The maximum atomic E-state index is 11.0. The Kier molecular flexibility index (Phi) is 4.96. The van der Waals surface area contributed by atoms with Crippen LogP contribution in [-0.4, -0.2) is 22.6 Å². The van der Waals surface area contributed by atoms with Gasteiger partial charge in [-0.25, -0.2) is 5.43 Å². The van der Waals surface area contributed by atoms with Crippen molar-refractivity contribution in [1.29, 1.82) is 0 Å². The molecule has 2 amide bonds. The molecule has 6 nitrogen and oxygen atoms in total. The minimum absolute atomic E-state index is 0.848. The number of nitrogens with zero attached hydrogens (tertiary/aromatic N) is 2. The van der Waals surface area contributed by atoms with Crippen molar-refractivity contribution in [2.24, 2.45) is 10.8 Å². The molecule has 0 saturated carbocycles. The maximum Gasteiger partial charge on any atom is 0.329 e. The number of benzene rings is 1. The minimum Gasteiger partial charge on any atom is -0.361 e. The summed E-state index contributed by atoms with van der Waals surface area (Å²) in [4.78, 5) is 21.6. The molecule has 22 heavy (non-hydrogen) atoms. The van der Waals surface area contributed by atoms with Crippen molar-refractivity contribution in [3.63, 3.8) is 0 Å². The van der Waals surface area contributed by atoms with Gasteiger partial charge in [0.25, 0.3) is 0 Å². The fourth-order valence-corrected chi connectivity index (χ4v) is 2.48. The molecule has 1 heterocycles. The number of hydrogen-bond acceptors (Lipinski definition) is 3. The summed E-state index contributed by atoms with van der Waals surface area (Å²) in [5.74, 6) is -2.01. The number of carbonyl (C=O) groups is 2. The molecule has 0 spiro atoms. The van der Waals surface area contributed by atoms with Crippen LogP contribution in [0.15, 0.2) is 35.4 Å². The Labute approximate surface area is 141 Å². The van der Waals surface area contributed by atoms with Crippen molar-refractivity contribution in [1.82, 2.24) is 9.99 Å². The van der Waals surface area contributed by atoms with Crippen molar-refractivity contribution >= 4 is 40.6 Å². The van der Waals surface area contributed by atoms with Gasteiger partial charge in [-0.1, -0.05) is 0 Å². The Morgan fingerprint density at radius 1 is 1.27 bits per heavy atom. The third-order valence-corrected chi connectivity index (χ3v) is 3.87. The van der Waals surface area contributed by atoms with Gasteiger partial charge in [0.1, 0.15) is 0 Å². The first-order chi connectivity index (χ1) is 10.4. The van der Waals surface area contributed by atoms with Gasteiger partial charge >= 0.3 is 11.8 Å². The molecule has 0 atom stereocenters. The second kappa shape index (κ2) is 6.73. The Bertz CT molecular complexity index is 748. The predicted octanol–water partition coefficient (Wildman–Crippen LogP) is 1.63. The first kappa shape index (κ1) is 16.2. The van der Waals surface area contributed by atoms with Crippen molar-refractivity contribution < 1.29 is 9.59 Å². The molecular formula is C15H15IN4O2. The van der Waals surface area contributed by atoms with E-state index in [0.29, 0.717) is 0 Å². The molecule has 7 heteroatoms. The number of aryl methyl sites for hydroxylation is 1. The topological polar surface area (TPSA) is 89.5 Å². The minimum atomic E-state index is -1.07. The number of hydrazone groups is 1. The summed E-state index contributed by atoms with van der Waals surface area (Å²) in [7, 11) is 0. The Morgan fingerprint density at radius 3 is 2.50 bits per heavy atom. The summed E-state index contributed by atoms with van der Waals surface area (Å²) in [5.41, 5.74) is 10.8. The van der Waals surface area contributed by atoms with Crippen LogP contribution in [0.1, 0.15) is 17.0 Å². The average Bonchev–Trinajstić information content (AvgIpc) is 2.74. The molecule has 0 aliphatic heterocycles. The van der Waals surface area contributed by atoms with Crippen molar-refractivity contribution in [3.8, 4) is 5.69 Å². The first-order valence-electron chi connectivity index (χ1n) is 6.48.